The number of aliphatic hydroxyl groups is 2. The van der Waals surface area contributed by atoms with Crippen LogP contribution in [0.4, 0.5) is 11.4 Å². The van der Waals surface area contributed by atoms with E-state index in [2.05, 4.69) is 19.2 Å². The number of carbonyl (C=O) groups excluding carboxylic acids is 2. The molecule has 3 aromatic carbocycles. The molecule has 2 aliphatic carbocycles. The predicted molar refractivity (Wildman–Crippen MR) is 213 cm³/mol. The zero-order chi connectivity index (χ0) is 37.8. The number of nitrogens with two attached hydrogens (primary N) is 2. The van der Waals surface area contributed by atoms with E-state index in [4.69, 9.17) is 20.9 Å². The van der Waals surface area contributed by atoms with Gasteiger partial charge < -0.3 is 31.2 Å². The van der Waals surface area contributed by atoms with E-state index in [0.29, 0.717) is 48.1 Å². The number of rotatable bonds is 17. The van der Waals surface area contributed by atoms with Gasteiger partial charge in [-0.2, -0.15) is 0 Å². The molecular weight excluding hydrogens is 665 g/mol. The molecule has 0 saturated heterocycles. The van der Waals surface area contributed by atoms with Gasteiger partial charge in [-0.1, -0.05) is 54.6 Å². The number of carbonyl (C=O) groups is 2. The van der Waals surface area contributed by atoms with Gasteiger partial charge in [0.2, 0.25) is 11.6 Å². The number of hydrogen-bond acceptors (Lipinski definition) is 8. The van der Waals surface area contributed by atoms with Gasteiger partial charge in [-0.05, 0) is 140 Å². The monoisotopic (exact) mass is 718 g/mol. The van der Waals surface area contributed by atoms with E-state index < -0.39 is 29.7 Å². The number of benzene rings is 3. The van der Waals surface area contributed by atoms with Gasteiger partial charge in [0.05, 0.1) is 19.1 Å². The smallest absolute Gasteiger partial charge is 0.235 e. The lowest BCUT2D eigenvalue weighted by Gasteiger charge is -2.30. The van der Waals surface area contributed by atoms with E-state index in [-0.39, 0.29) is 11.3 Å². The molecule has 280 valence electrons. The van der Waals surface area contributed by atoms with Gasteiger partial charge in [-0.25, -0.2) is 0 Å². The van der Waals surface area contributed by atoms with Crippen LogP contribution in [0.15, 0.2) is 104 Å². The SMILES string of the molecule is C=CC1CCC(COc2ccc(/C=C/C(=O)CC(c3ccc(N)cc3N)C(O)(O)C(=O)/C=C/c3ccc(OCC4CCC(C=C)CC4)cc3)cc2)CC1. The van der Waals surface area contributed by atoms with E-state index in [1.807, 2.05) is 42.5 Å². The molecule has 8 heteroatoms. The Labute approximate surface area is 313 Å². The maximum Gasteiger partial charge on any atom is 0.235 e. The van der Waals surface area contributed by atoms with Crippen molar-refractivity contribution in [2.75, 3.05) is 24.7 Å². The highest BCUT2D eigenvalue weighted by atomic mass is 16.5. The first-order valence-electron chi connectivity index (χ1n) is 18.8. The van der Waals surface area contributed by atoms with Gasteiger partial charge in [0.15, 0.2) is 5.78 Å². The Bertz CT molecular complexity index is 1740. The molecule has 2 aliphatic rings. The van der Waals surface area contributed by atoms with Crippen molar-refractivity contribution in [3.63, 3.8) is 0 Å². The fourth-order valence-corrected chi connectivity index (χ4v) is 7.26. The Hall–Kier alpha value is -4.92. The van der Waals surface area contributed by atoms with Crippen LogP contribution in [0.2, 0.25) is 0 Å². The summed E-state index contributed by atoms with van der Waals surface area (Å²) in [7, 11) is 0. The Balaban J connectivity index is 1.19. The molecule has 5 rings (SSSR count). The minimum Gasteiger partial charge on any atom is -0.493 e. The molecule has 1 atom stereocenters. The summed E-state index contributed by atoms with van der Waals surface area (Å²) in [6, 6.07) is 19.2. The maximum atomic E-state index is 13.4. The van der Waals surface area contributed by atoms with E-state index in [1.165, 1.54) is 24.3 Å². The van der Waals surface area contributed by atoms with Gasteiger partial charge in [0.1, 0.15) is 11.5 Å². The van der Waals surface area contributed by atoms with Crippen LogP contribution in [0.5, 0.6) is 11.5 Å². The summed E-state index contributed by atoms with van der Waals surface area (Å²) in [6.07, 6.45) is 18.4. The lowest BCUT2D eigenvalue weighted by molar-refractivity contribution is -0.187. The normalized spacial score (nSPS) is 21.2. The molecule has 0 spiro atoms. The van der Waals surface area contributed by atoms with Gasteiger partial charge in [0, 0.05) is 17.8 Å². The summed E-state index contributed by atoms with van der Waals surface area (Å²) in [5.74, 6) is -1.97. The van der Waals surface area contributed by atoms with Crippen LogP contribution in [0.25, 0.3) is 12.2 Å². The molecule has 1 unspecified atom stereocenters. The minimum absolute atomic E-state index is 0.143. The number of nitrogen functional groups attached to an aromatic ring is 2. The van der Waals surface area contributed by atoms with Crippen molar-refractivity contribution in [2.24, 2.45) is 23.7 Å². The minimum atomic E-state index is -2.94. The number of hydrogen-bond donors (Lipinski definition) is 4. The van der Waals surface area contributed by atoms with Gasteiger partial charge in [-0.15, -0.1) is 13.2 Å². The highest BCUT2D eigenvalue weighted by Crippen LogP contribution is 2.36. The van der Waals surface area contributed by atoms with Crippen molar-refractivity contribution in [2.45, 2.75) is 69.5 Å². The zero-order valence-electron chi connectivity index (χ0n) is 30.6. The zero-order valence-corrected chi connectivity index (χ0v) is 30.6. The quantitative estimate of drug-likeness (QED) is 0.0472. The second kappa shape index (κ2) is 18.7. The Kier molecular flexibility index (Phi) is 13.9. The first-order chi connectivity index (χ1) is 25.5. The van der Waals surface area contributed by atoms with Crippen LogP contribution in [0.3, 0.4) is 0 Å². The lowest BCUT2D eigenvalue weighted by Crippen LogP contribution is -2.44. The Morgan fingerprint density at radius 2 is 1.19 bits per heavy atom. The van der Waals surface area contributed by atoms with Crippen LogP contribution in [-0.4, -0.2) is 40.8 Å². The third-order valence-electron chi connectivity index (χ3n) is 10.8. The highest BCUT2D eigenvalue weighted by molar-refractivity contribution is 6.01. The molecule has 0 amide bonds. The maximum absolute atomic E-state index is 13.4. The van der Waals surface area contributed by atoms with Crippen LogP contribution < -0.4 is 20.9 Å². The van der Waals surface area contributed by atoms with Gasteiger partial charge in [-0.3, -0.25) is 9.59 Å². The first-order valence-corrected chi connectivity index (χ1v) is 18.8. The summed E-state index contributed by atoms with van der Waals surface area (Å²) >= 11 is 0. The number of ketones is 2. The summed E-state index contributed by atoms with van der Waals surface area (Å²) in [4.78, 5) is 26.6. The lowest BCUT2D eigenvalue weighted by atomic mass is 9.82. The number of anilines is 2. The van der Waals surface area contributed by atoms with Gasteiger partial charge >= 0.3 is 0 Å². The average Bonchev–Trinajstić information content (AvgIpc) is 3.18. The number of ether oxygens (including phenoxy) is 2. The van der Waals surface area contributed by atoms with Gasteiger partial charge in [0.25, 0.3) is 0 Å². The fraction of sp³-hybridized carbons (Fsp3) is 0.378. The molecule has 3 aromatic rings. The first kappa shape index (κ1) is 39.3. The molecule has 8 nitrogen and oxygen atoms in total. The van der Waals surface area contributed by atoms with E-state index in [1.54, 1.807) is 24.3 Å². The molecule has 0 bridgehead atoms. The summed E-state index contributed by atoms with van der Waals surface area (Å²) in [5, 5.41) is 22.6. The molecule has 0 aliphatic heterocycles. The molecule has 2 fully saturated rings. The molecule has 0 radical (unpaired) electrons. The molecular formula is C45H54N2O6. The third-order valence-corrected chi connectivity index (χ3v) is 10.8. The van der Waals surface area contributed by atoms with Crippen molar-refractivity contribution in [1.29, 1.82) is 0 Å². The van der Waals surface area contributed by atoms with Crippen molar-refractivity contribution in [3.05, 3.63) is 121 Å². The standard InChI is InChI=1S/C45H54N2O6/c1-3-31-5-9-35(10-6-31)29-52-39-21-14-33(15-22-39)13-20-38(48)28-42(41-25-19-37(46)27-43(41)47)45(50,51)44(49)26-18-34-16-23-40(24-17-34)53-30-36-11-7-32(4-2)8-12-36/h3-4,13-27,31-32,35-36,42,50-51H,1-2,5-12,28-30,46-47H2/b20-13+,26-18+. The molecule has 53 heavy (non-hydrogen) atoms. The molecule has 0 aromatic heterocycles. The van der Waals surface area contributed by atoms with Crippen molar-refractivity contribution >= 4 is 35.1 Å². The van der Waals surface area contributed by atoms with Crippen LogP contribution in [0, 0.1) is 23.7 Å². The van der Waals surface area contributed by atoms with Crippen LogP contribution in [0.1, 0.15) is 80.4 Å². The van der Waals surface area contributed by atoms with Crippen molar-refractivity contribution in [3.8, 4) is 11.5 Å². The summed E-state index contributed by atoms with van der Waals surface area (Å²) in [5.41, 5.74) is 14.3. The van der Waals surface area contributed by atoms with E-state index >= 15 is 0 Å². The molecule has 2 saturated carbocycles. The largest absolute Gasteiger partial charge is 0.493 e. The topological polar surface area (TPSA) is 145 Å². The summed E-state index contributed by atoms with van der Waals surface area (Å²) in [6.45, 7) is 9.14. The average molecular weight is 719 g/mol. The third kappa shape index (κ3) is 11.3. The highest BCUT2D eigenvalue weighted by Gasteiger charge is 2.43. The Morgan fingerprint density at radius 3 is 1.64 bits per heavy atom. The molecule has 6 N–H and O–H groups in total. The molecule has 0 heterocycles. The number of allylic oxidation sites excluding steroid dienone is 3. The Morgan fingerprint density at radius 1 is 0.717 bits per heavy atom. The van der Waals surface area contributed by atoms with Crippen LogP contribution >= 0.6 is 0 Å². The van der Waals surface area contributed by atoms with E-state index in [9.17, 15) is 19.8 Å². The van der Waals surface area contributed by atoms with Crippen LogP contribution in [-0.2, 0) is 9.59 Å². The van der Waals surface area contributed by atoms with Crippen molar-refractivity contribution < 1.29 is 29.3 Å². The van der Waals surface area contributed by atoms with E-state index in [0.717, 1.165) is 74.5 Å². The predicted octanol–water partition coefficient (Wildman–Crippen LogP) is 8.31. The second-order valence-corrected chi connectivity index (χ2v) is 14.7. The van der Waals surface area contributed by atoms with Crippen molar-refractivity contribution in [1.82, 2.24) is 0 Å². The second-order valence-electron chi connectivity index (χ2n) is 14.7. The fourth-order valence-electron chi connectivity index (χ4n) is 7.26. The summed E-state index contributed by atoms with van der Waals surface area (Å²) < 4.78 is 12.0.